The topological polar surface area (TPSA) is 21.3 Å². The van der Waals surface area contributed by atoms with Gasteiger partial charge in [-0.05, 0) is 45.1 Å². The van der Waals surface area contributed by atoms with Crippen molar-refractivity contribution in [3.8, 4) is 0 Å². The number of likely N-dealkylation sites (N-methyl/N-ethyl adjacent to an activating group) is 1. The molecule has 2 nitrogen and oxygen atoms in total. The molecule has 2 rings (SSSR count). The number of nitrogens with one attached hydrogen (secondary N) is 1. The van der Waals surface area contributed by atoms with Gasteiger partial charge in [-0.25, -0.2) is 8.78 Å². The monoisotopic (exact) mass is 247 g/mol. The molecule has 100 valence electrons. The fourth-order valence-corrected chi connectivity index (χ4v) is 3.14. The molecule has 0 amide bonds. The number of halogens is 2. The molecule has 0 aromatic carbocycles. The van der Waals surface area contributed by atoms with Crippen molar-refractivity contribution in [3.05, 3.63) is 0 Å². The van der Waals surface area contributed by atoms with Crippen LogP contribution >= 0.6 is 0 Å². The Morgan fingerprint density at radius 3 is 2.71 bits per heavy atom. The molecule has 0 aromatic rings. The van der Waals surface area contributed by atoms with Gasteiger partial charge in [0.25, 0.3) is 0 Å². The quantitative estimate of drug-likeness (QED) is 0.824. The summed E-state index contributed by atoms with van der Waals surface area (Å²) < 4.78 is 32.0. The number of hydrogen-bond acceptors (Lipinski definition) is 2. The number of hydrogen-bond donors (Lipinski definition) is 1. The van der Waals surface area contributed by atoms with Crippen LogP contribution < -0.4 is 5.32 Å². The first-order chi connectivity index (χ1) is 8.11. The standard InChI is InChI=1S/C13H23F2NO/c1-16-11(12-4-2-3-7-17-12)8-10-5-6-13(14,15)9-10/h10-12,16H,2-9H2,1H3. The van der Waals surface area contributed by atoms with Crippen molar-refractivity contribution < 1.29 is 13.5 Å². The predicted octanol–water partition coefficient (Wildman–Crippen LogP) is 2.97. The van der Waals surface area contributed by atoms with E-state index in [4.69, 9.17) is 4.74 Å². The summed E-state index contributed by atoms with van der Waals surface area (Å²) in [6.45, 7) is 0.823. The van der Waals surface area contributed by atoms with E-state index in [9.17, 15) is 8.78 Å². The lowest BCUT2D eigenvalue weighted by atomic mass is 9.92. The van der Waals surface area contributed by atoms with Crippen molar-refractivity contribution in [1.82, 2.24) is 5.32 Å². The van der Waals surface area contributed by atoms with E-state index >= 15 is 0 Å². The van der Waals surface area contributed by atoms with Crippen LogP contribution in [0.3, 0.4) is 0 Å². The molecule has 3 unspecified atom stereocenters. The Labute approximate surface area is 102 Å². The minimum Gasteiger partial charge on any atom is -0.377 e. The Morgan fingerprint density at radius 1 is 1.35 bits per heavy atom. The summed E-state index contributed by atoms with van der Waals surface area (Å²) in [4.78, 5) is 0. The highest BCUT2D eigenvalue weighted by molar-refractivity contribution is 4.87. The van der Waals surface area contributed by atoms with Crippen LogP contribution in [-0.2, 0) is 4.74 Å². The van der Waals surface area contributed by atoms with Crippen molar-refractivity contribution in [2.75, 3.05) is 13.7 Å². The van der Waals surface area contributed by atoms with Crippen LogP contribution in [0.1, 0.15) is 44.9 Å². The molecule has 1 aliphatic carbocycles. The fraction of sp³-hybridized carbons (Fsp3) is 1.00. The first kappa shape index (κ1) is 13.2. The minimum absolute atomic E-state index is 0.0674. The second kappa shape index (κ2) is 5.61. The van der Waals surface area contributed by atoms with E-state index in [-0.39, 0.29) is 30.9 Å². The van der Waals surface area contributed by atoms with Crippen LogP contribution in [-0.4, -0.2) is 31.7 Å². The molecule has 4 heteroatoms. The van der Waals surface area contributed by atoms with Crippen LogP contribution in [0.25, 0.3) is 0 Å². The van der Waals surface area contributed by atoms with E-state index in [1.54, 1.807) is 0 Å². The zero-order valence-corrected chi connectivity index (χ0v) is 10.6. The number of rotatable bonds is 4. The predicted molar refractivity (Wildman–Crippen MR) is 63.3 cm³/mol. The lowest BCUT2D eigenvalue weighted by molar-refractivity contribution is -0.0160. The highest BCUT2D eigenvalue weighted by atomic mass is 19.3. The Bertz CT molecular complexity index is 242. The summed E-state index contributed by atoms with van der Waals surface area (Å²) in [5, 5.41) is 3.26. The summed E-state index contributed by atoms with van der Waals surface area (Å²) >= 11 is 0. The molecule has 2 aliphatic rings. The second-order valence-corrected chi connectivity index (χ2v) is 5.50. The van der Waals surface area contributed by atoms with Crippen molar-refractivity contribution in [3.63, 3.8) is 0 Å². The van der Waals surface area contributed by atoms with Crippen molar-refractivity contribution >= 4 is 0 Å². The molecular formula is C13H23F2NO. The molecule has 1 heterocycles. The average Bonchev–Trinajstić information content (AvgIpc) is 2.67. The summed E-state index contributed by atoms with van der Waals surface area (Å²) in [6.07, 6.45) is 5.25. The van der Waals surface area contributed by atoms with Gasteiger partial charge in [0.05, 0.1) is 6.10 Å². The maximum atomic E-state index is 13.1. The van der Waals surface area contributed by atoms with E-state index < -0.39 is 5.92 Å². The maximum Gasteiger partial charge on any atom is 0.248 e. The van der Waals surface area contributed by atoms with E-state index in [0.29, 0.717) is 6.42 Å². The van der Waals surface area contributed by atoms with Crippen molar-refractivity contribution in [2.24, 2.45) is 5.92 Å². The highest BCUT2D eigenvalue weighted by Crippen LogP contribution is 2.41. The number of alkyl halides is 2. The molecule has 1 N–H and O–H groups in total. The van der Waals surface area contributed by atoms with Gasteiger partial charge >= 0.3 is 0 Å². The van der Waals surface area contributed by atoms with Crippen LogP contribution in [0.2, 0.25) is 0 Å². The molecule has 17 heavy (non-hydrogen) atoms. The van der Waals surface area contributed by atoms with E-state index in [1.165, 1.54) is 6.42 Å². The molecule has 1 saturated heterocycles. The van der Waals surface area contributed by atoms with Gasteiger partial charge in [-0.1, -0.05) is 0 Å². The lowest BCUT2D eigenvalue weighted by Crippen LogP contribution is -2.42. The van der Waals surface area contributed by atoms with Gasteiger partial charge in [0.1, 0.15) is 0 Å². The zero-order chi connectivity index (χ0) is 12.3. The Balaban J connectivity index is 1.82. The van der Waals surface area contributed by atoms with Crippen LogP contribution in [0.15, 0.2) is 0 Å². The lowest BCUT2D eigenvalue weighted by Gasteiger charge is -2.31. The maximum absolute atomic E-state index is 13.1. The van der Waals surface area contributed by atoms with Crippen molar-refractivity contribution in [1.29, 1.82) is 0 Å². The molecule has 0 bridgehead atoms. The fourth-order valence-electron chi connectivity index (χ4n) is 3.14. The summed E-state index contributed by atoms with van der Waals surface area (Å²) in [7, 11) is 1.91. The Hall–Kier alpha value is -0.220. The molecule has 1 aliphatic heterocycles. The van der Waals surface area contributed by atoms with Gasteiger partial charge in [-0.2, -0.15) is 0 Å². The van der Waals surface area contributed by atoms with E-state index in [1.807, 2.05) is 7.05 Å². The van der Waals surface area contributed by atoms with E-state index in [0.717, 1.165) is 25.9 Å². The Morgan fingerprint density at radius 2 is 2.18 bits per heavy atom. The van der Waals surface area contributed by atoms with Crippen LogP contribution in [0, 0.1) is 5.92 Å². The first-order valence-corrected chi connectivity index (χ1v) is 6.77. The van der Waals surface area contributed by atoms with Crippen molar-refractivity contribution in [2.45, 2.75) is 63.0 Å². The SMILES string of the molecule is CNC(CC1CCC(F)(F)C1)C1CCCCO1. The molecular weight excluding hydrogens is 224 g/mol. The van der Waals surface area contributed by atoms with Crippen LogP contribution in [0.5, 0.6) is 0 Å². The van der Waals surface area contributed by atoms with Gasteiger partial charge in [0.2, 0.25) is 5.92 Å². The smallest absolute Gasteiger partial charge is 0.248 e. The average molecular weight is 247 g/mol. The summed E-state index contributed by atoms with van der Waals surface area (Å²) in [5.41, 5.74) is 0. The molecule has 0 spiro atoms. The third-order valence-corrected chi connectivity index (χ3v) is 4.13. The van der Waals surface area contributed by atoms with Gasteiger partial charge in [-0.3, -0.25) is 0 Å². The van der Waals surface area contributed by atoms with Gasteiger partial charge in [-0.15, -0.1) is 0 Å². The largest absolute Gasteiger partial charge is 0.377 e. The van der Waals surface area contributed by atoms with E-state index in [2.05, 4.69) is 5.32 Å². The zero-order valence-electron chi connectivity index (χ0n) is 10.6. The molecule has 0 radical (unpaired) electrons. The minimum atomic E-state index is -2.42. The molecule has 0 aromatic heterocycles. The first-order valence-electron chi connectivity index (χ1n) is 6.77. The number of ether oxygens (including phenoxy) is 1. The molecule has 3 atom stereocenters. The van der Waals surface area contributed by atoms with Crippen LogP contribution in [0.4, 0.5) is 8.78 Å². The normalized spacial score (nSPS) is 34.8. The van der Waals surface area contributed by atoms with Gasteiger partial charge in [0, 0.05) is 25.5 Å². The molecule has 2 fully saturated rings. The third-order valence-electron chi connectivity index (χ3n) is 4.13. The summed E-state index contributed by atoms with van der Waals surface area (Å²) in [6, 6.07) is 0.245. The summed E-state index contributed by atoms with van der Waals surface area (Å²) in [5.74, 6) is -2.26. The second-order valence-electron chi connectivity index (χ2n) is 5.50. The van der Waals surface area contributed by atoms with Gasteiger partial charge in [0.15, 0.2) is 0 Å². The highest BCUT2D eigenvalue weighted by Gasteiger charge is 2.40. The Kier molecular flexibility index (Phi) is 4.36. The van der Waals surface area contributed by atoms with Gasteiger partial charge < -0.3 is 10.1 Å². The third kappa shape index (κ3) is 3.62. The molecule has 1 saturated carbocycles.